The van der Waals surface area contributed by atoms with Gasteiger partial charge >= 0.3 is 231 Å². The summed E-state index contributed by atoms with van der Waals surface area (Å²) in [5.41, 5.74) is 0. The normalized spacial score (nSPS) is 21.9. The Balaban J connectivity index is 1.48. The summed E-state index contributed by atoms with van der Waals surface area (Å²) in [5, 5.41) is 4.97. The molecule has 2 nitrogen and oxygen atoms in total. The maximum atomic E-state index is 15.7. The second-order valence-corrected chi connectivity index (χ2v) is 23.6. The predicted octanol–water partition coefficient (Wildman–Crippen LogP) is 6.57. The Hall–Kier alpha value is -3.01. The molecule has 194 valence electrons. The van der Waals surface area contributed by atoms with Gasteiger partial charge in [-0.1, -0.05) is 0 Å². The van der Waals surface area contributed by atoms with Gasteiger partial charge in [0.2, 0.25) is 0 Å². The van der Waals surface area contributed by atoms with E-state index in [2.05, 4.69) is 30.3 Å². The van der Waals surface area contributed by atoms with Crippen molar-refractivity contribution in [2.75, 3.05) is 12.3 Å². The first kappa shape index (κ1) is 25.0. The number of hydrogen-bond acceptors (Lipinski definition) is 2. The van der Waals surface area contributed by atoms with Gasteiger partial charge in [-0.05, 0) is 0 Å². The monoisotopic (exact) mass is 564 g/mol. The standard InChI is InChI=1S/C34H31O2P3/c35-37(28-16-6-1-7-17-28,29-18-8-2-9-19-29)33-26-39(33,32-24-14-5-15-25-32)27-34(39)38(36,30-20-10-3-11-21-30)31-22-12-4-13-23-31/h1-25,33-34H,26-27H2. The third kappa shape index (κ3) is 3.45. The van der Waals surface area contributed by atoms with Crippen LogP contribution in [0.4, 0.5) is 0 Å². The van der Waals surface area contributed by atoms with Crippen LogP contribution in [0.25, 0.3) is 0 Å². The summed E-state index contributed by atoms with van der Waals surface area (Å²) in [6, 6.07) is 51.0. The van der Waals surface area contributed by atoms with Crippen LogP contribution in [0, 0.1) is 0 Å². The summed E-state index contributed by atoms with van der Waals surface area (Å²) in [4.78, 5) is 0. The number of rotatable bonds is 7. The fourth-order valence-corrected chi connectivity index (χ4v) is 32.7. The molecule has 5 heteroatoms. The second-order valence-electron chi connectivity index (χ2n) is 11.0. The zero-order valence-electron chi connectivity index (χ0n) is 21.7. The minimum atomic E-state index is -3.03. The van der Waals surface area contributed by atoms with Crippen LogP contribution >= 0.6 is 20.9 Å². The molecule has 5 aromatic carbocycles. The van der Waals surface area contributed by atoms with E-state index in [4.69, 9.17) is 0 Å². The van der Waals surface area contributed by atoms with E-state index in [1.807, 2.05) is 121 Å². The molecule has 39 heavy (non-hydrogen) atoms. The van der Waals surface area contributed by atoms with E-state index in [0.29, 0.717) is 0 Å². The minimum absolute atomic E-state index is 0.00134. The molecule has 2 aliphatic heterocycles. The van der Waals surface area contributed by atoms with E-state index >= 15 is 9.13 Å². The van der Waals surface area contributed by atoms with Gasteiger partial charge in [0.05, 0.1) is 0 Å². The molecular formula is C34H31O2P3. The summed E-state index contributed by atoms with van der Waals surface area (Å²) in [6.45, 7) is -2.84. The van der Waals surface area contributed by atoms with Gasteiger partial charge in [-0.15, -0.1) is 0 Å². The van der Waals surface area contributed by atoms with Gasteiger partial charge in [0.25, 0.3) is 0 Å². The molecule has 0 bridgehead atoms. The van der Waals surface area contributed by atoms with Crippen molar-refractivity contribution in [3.63, 3.8) is 0 Å². The molecule has 2 heterocycles. The zero-order valence-corrected chi connectivity index (χ0v) is 24.3. The quantitative estimate of drug-likeness (QED) is 0.210. The summed E-state index contributed by atoms with van der Waals surface area (Å²) in [5.74, 6) is 0. The Labute approximate surface area is 230 Å². The molecular weight excluding hydrogens is 533 g/mol. The predicted molar refractivity (Wildman–Crippen MR) is 170 cm³/mol. The van der Waals surface area contributed by atoms with Gasteiger partial charge in [0, 0.05) is 0 Å². The zero-order chi connectivity index (χ0) is 26.6. The van der Waals surface area contributed by atoms with E-state index in [-0.39, 0.29) is 10.8 Å². The molecule has 0 aliphatic carbocycles. The van der Waals surface area contributed by atoms with Crippen molar-refractivity contribution in [1.82, 2.24) is 0 Å². The topological polar surface area (TPSA) is 34.1 Å². The molecule has 2 aliphatic rings. The van der Waals surface area contributed by atoms with Gasteiger partial charge in [0.1, 0.15) is 0 Å². The Morgan fingerprint density at radius 3 is 0.949 bits per heavy atom. The van der Waals surface area contributed by atoms with Crippen molar-refractivity contribution < 1.29 is 9.13 Å². The fourth-order valence-electron chi connectivity index (χ4n) is 7.18. The van der Waals surface area contributed by atoms with Crippen molar-refractivity contribution >= 4 is 47.4 Å². The molecule has 1 spiro atoms. The van der Waals surface area contributed by atoms with Crippen LogP contribution in [0.3, 0.4) is 0 Å². The molecule has 5 aromatic rings. The third-order valence-corrected chi connectivity index (χ3v) is 28.0. The van der Waals surface area contributed by atoms with Crippen LogP contribution in [0.1, 0.15) is 0 Å². The Kier molecular flexibility index (Phi) is 5.77. The van der Waals surface area contributed by atoms with Crippen molar-refractivity contribution in [2.24, 2.45) is 0 Å². The van der Waals surface area contributed by atoms with Crippen molar-refractivity contribution in [2.45, 2.75) is 10.8 Å². The molecule has 2 saturated heterocycles. The molecule has 0 aromatic heterocycles. The average Bonchev–Trinajstić information content (AvgIpc) is 3.93. The van der Waals surface area contributed by atoms with Crippen molar-refractivity contribution in [3.05, 3.63) is 152 Å². The molecule has 0 radical (unpaired) electrons. The Bertz CT molecular complexity index is 1520. The van der Waals surface area contributed by atoms with Crippen molar-refractivity contribution in [3.8, 4) is 0 Å². The molecule has 7 rings (SSSR count). The van der Waals surface area contributed by atoms with Gasteiger partial charge in [-0.3, -0.25) is 0 Å². The molecule has 0 saturated carbocycles. The van der Waals surface area contributed by atoms with Gasteiger partial charge in [-0.25, -0.2) is 0 Å². The van der Waals surface area contributed by atoms with Crippen molar-refractivity contribution in [1.29, 1.82) is 0 Å². The molecule has 2 fully saturated rings. The van der Waals surface area contributed by atoms with Crippen LogP contribution < -0.4 is 26.5 Å². The first-order valence-electron chi connectivity index (χ1n) is 13.5. The third-order valence-electron chi connectivity index (χ3n) is 9.23. The van der Waals surface area contributed by atoms with Gasteiger partial charge < -0.3 is 0 Å². The van der Waals surface area contributed by atoms with Gasteiger partial charge in [-0.2, -0.15) is 0 Å². The Morgan fingerprint density at radius 1 is 0.410 bits per heavy atom. The fraction of sp³-hybridized carbons (Fsp3) is 0.118. The maximum absolute atomic E-state index is 15.7. The molecule has 0 N–H and O–H groups in total. The van der Waals surface area contributed by atoms with Crippen LogP contribution in [0.2, 0.25) is 0 Å². The van der Waals surface area contributed by atoms with E-state index in [1.54, 1.807) is 0 Å². The van der Waals surface area contributed by atoms with Crippen LogP contribution in [0.5, 0.6) is 0 Å². The van der Waals surface area contributed by atoms with E-state index in [1.165, 1.54) is 5.30 Å². The van der Waals surface area contributed by atoms with Crippen LogP contribution in [-0.4, -0.2) is 23.1 Å². The average molecular weight is 565 g/mol. The van der Waals surface area contributed by atoms with E-state index in [9.17, 15) is 0 Å². The molecule has 0 amide bonds. The summed E-state index contributed by atoms with van der Waals surface area (Å²) in [7, 11) is -6.06. The van der Waals surface area contributed by atoms with E-state index < -0.39 is 20.9 Å². The van der Waals surface area contributed by atoms with Crippen LogP contribution in [0.15, 0.2) is 152 Å². The number of hydrogen-bond donors (Lipinski definition) is 0. The van der Waals surface area contributed by atoms with Crippen LogP contribution in [-0.2, 0) is 9.13 Å². The second kappa shape index (κ2) is 9.01. The summed E-state index contributed by atoms with van der Waals surface area (Å²) in [6.07, 6.45) is 1.79. The first-order valence-corrected chi connectivity index (χ1v) is 19.8. The first-order chi connectivity index (χ1) is 19.0. The Morgan fingerprint density at radius 2 is 0.667 bits per heavy atom. The summed E-state index contributed by atoms with van der Waals surface area (Å²) >= 11 is 0. The SMILES string of the molecule is O=P(c1ccccc1)(c1ccccc1)C1CP12(c1ccccc1)CC2P(=O)(c1ccccc1)c1ccccc1. The molecule has 2 unspecified atom stereocenters. The van der Waals surface area contributed by atoms with Gasteiger partial charge in [0.15, 0.2) is 0 Å². The number of benzene rings is 5. The van der Waals surface area contributed by atoms with E-state index in [0.717, 1.165) is 33.5 Å². The molecule has 2 atom stereocenters. The summed E-state index contributed by atoms with van der Waals surface area (Å²) < 4.78 is 31.4.